The zero-order valence-electron chi connectivity index (χ0n) is 32.6. The number of hydrogen-bond donors (Lipinski definition) is 2. The molecule has 1 aliphatic heterocycles. The molecule has 0 amide bonds. The standard InChI is InChI=1S/C50H40N2O2S4.Hf/c1-31-23-37(49(53)45(25-31)51-41-17-7-3-13-33(41)34-14-4-8-18-42(34)51)39-27-55-29-47(39)57-21-11-12-22-58-48-30-56-28-40(48)38-24-32(2)26-46(50(38)54)52-43-19-9-5-15-35(43)36-16-6-10-20-44(36)52;/h3-10,13-20,23-30,53-54H,11-12,21-22H2,1-2H3;. The fourth-order valence-electron chi connectivity index (χ4n) is 8.99. The number of thiophene rings is 2. The van der Waals surface area contributed by atoms with Crippen LogP contribution in [0.1, 0.15) is 24.0 Å². The van der Waals surface area contributed by atoms with Crippen molar-refractivity contribution in [3.63, 3.8) is 0 Å². The fourth-order valence-corrected chi connectivity index (χ4v) is 44.1. The van der Waals surface area contributed by atoms with Crippen molar-refractivity contribution in [2.45, 2.75) is 36.5 Å². The van der Waals surface area contributed by atoms with E-state index in [1.54, 1.807) is 22.7 Å². The Labute approximate surface area is 362 Å². The van der Waals surface area contributed by atoms with Crippen LogP contribution in [0.3, 0.4) is 0 Å². The molecule has 0 bridgehead atoms. The minimum absolute atomic E-state index is 0.179. The van der Waals surface area contributed by atoms with Crippen molar-refractivity contribution in [1.82, 2.24) is 9.13 Å². The number of nitrogens with zero attached hydrogens (tertiary/aromatic N) is 2. The second kappa shape index (κ2) is 15.2. The van der Waals surface area contributed by atoms with E-state index in [-0.39, 0.29) is 14.4 Å². The van der Waals surface area contributed by atoms with Crippen LogP contribution in [0.25, 0.3) is 77.2 Å². The normalized spacial score (nSPS) is 15.8. The number of aromatic nitrogens is 2. The summed E-state index contributed by atoms with van der Waals surface area (Å²) in [5, 5.41) is 38.9. The van der Waals surface area contributed by atoms with Gasteiger partial charge in [-0.3, -0.25) is 0 Å². The number of phenols is 2. The summed E-state index contributed by atoms with van der Waals surface area (Å²) in [6.45, 7) is 4.31. The van der Waals surface area contributed by atoms with E-state index in [4.69, 9.17) is 0 Å². The Balaban J connectivity index is 1.05. The molecule has 59 heavy (non-hydrogen) atoms. The minimum atomic E-state index is -1.34. The summed E-state index contributed by atoms with van der Waals surface area (Å²) in [4.78, 5) is 2.91. The van der Waals surface area contributed by atoms with Crippen molar-refractivity contribution >= 4 is 80.7 Å². The number of rotatable bonds is 6. The van der Waals surface area contributed by atoms with Crippen LogP contribution in [0.4, 0.5) is 0 Å². The predicted molar refractivity (Wildman–Crippen MR) is 252 cm³/mol. The summed E-state index contributed by atoms with van der Waals surface area (Å²) in [6.07, 6.45) is 2.46. The van der Waals surface area contributed by atoms with Crippen molar-refractivity contribution in [3.8, 4) is 45.1 Å². The molecule has 0 aliphatic carbocycles. The van der Waals surface area contributed by atoms with Gasteiger partial charge in [-0.25, -0.2) is 0 Å². The van der Waals surface area contributed by atoms with Gasteiger partial charge in [-0.2, -0.15) is 0 Å². The van der Waals surface area contributed by atoms with Gasteiger partial charge in [0.1, 0.15) is 0 Å². The monoisotopic (exact) mass is 1010 g/mol. The van der Waals surface area contributed by atoms with Crippen molar-refractivity contribution in [2.75, 3.05) is 11.5 Å². The van der Waals surface area contributed by atoms with E-state index in [9.17, 15) is 10.2 Å². The number of aromatic hydroxyl groups is 2. The number of fused-ring (bicyclic) bond motifs is 6. The van der Waals surface area contributed by atoms with E-state index in [0.717, 1.165) is 55.7 Å². The van der Waals surface area contributed by atoms with Crippen LogP contribution in [0.2, 0.25) is 0 Å². The van der Waals surface area contributed by atoms with Gasteiger partial charge < -0.3 is 0 Å². The molecule has 4 nitrogen and oxygen atoms in total. The third-order valence-electron chi connectivity index (χ3n) is 11.6. The molecule has 1 aliphatic rings. The maximum atomic E-state index is 12.4. The van der Waals surface area contributed by atoms with Gasteiger partial charge in [0.05, 0.1) is 0 Å². The van der Waals surface area contributed by atoms with Gasteiger partial charge in [-0.15, -0.1) is 0 Å². The molecule has 10 aromatic rings. The fraction of sp³-hybridized carbons (Fsp3) is 0.120. The van der Waals surface area contributed by atoms with E-state index < -0.39 is 18.9 Å². The van der Waals surface area contributed by atoms with Crippen molar-refractivity contribution in [3.05, 3.63) is 154 Å². The Morgan fingerprint density at radius 2 is 0.831 bits per heavy atom. The first-order valence-corrected chi connectivity index (χ1v) is 33.4. The number of phenolic OH excluding ortho intramolecular Hbond substituents is 2. The second-order valence-electron chi connectivity index (χ2n) is 15.4. The average Bonchev–Trinajstić information content (AvgIpc) is 4.04. The molecule has 2 unspecified atom stereocenters. The third kappa shape index (κ3) is 6.26. The second-order valence-corrected chi connectivity index (χ2v) is 36.8. The Kier molecular flexibility index (Phi) is 9.65. The van der Waals surface area contributed by atoms with Crippen molar-refractivity contribution in [1.29, 1.82) is 0 Å². The molecule has 9 heteroatoms. The number of para-hydroxylation sites is 4. The van der Waals surface area contributed by atoms with Crippen LogP contribution in [0, 0.1) is 13.8 Å². The summed E-state index contributed by atoms with van der Waals surface area (Å²) in [5.74, 6) is 3.16. The summed E-state index contributed by atoms with van der Waals surface area (Å²) >= 11 is 2.21. The SMILES string of the molecule is Cc1cc(-c2cscc2[S]2=[Hf]=[S](c3cscc3-c3cc(C)cc(-n4c5ccccc5c5ccccc54)c3O)CCCC2)c(O)c(-n2c3ccccc3c3ccccc32)c1. The van der Waals surface area contributed by atoms with E-state index in [0.29, 0.717) is 11.5 Å². The van der Waals surface area contributed by atoms with Crippen LogP contribution >= 0.6 is 37.1 Å². The van der Waals surface area contributed by atoms with Gasteiger partial charge in [0.25, 0.3) is 0 Å². The number of aryl methyl sites for hydroxylation is 2. The molecule has 6 aromatic carbocycles. The Morgan fingerprint density at radius 1 is 0.475 bits per heavy atom. The predicted octanol–water partition coefficient (Wildman–Crippen LogP) is 15.0. The van der Waals surface area contributed by atoms with Crippen LogP contribution < -0.4 is 0 Å². The summed E-state index contributed by atoms with van der Waals surface area (Å²) in [7, 11) is 0.358. The molecular weight excluding hydrogens is 967 g/mol. The molecule has 4 aromatic heterocycles. The molecule has 0 saturated carbocycles. The average molecular weight is 1010 g/mol. The van der Waals surface area contributed by atoms with Crippen molar-refractivity contribution < 1.29 is 29.1 Å². The molecule has 0 radical (unpaired) electrons. The van der Waals surface area contributed by atoms with E-state index >= 15 is 0 Å². The Morgan fingerprint density at radius 3 is 1.20 bits per heavy atom. The quantitative estimate of drug-likeness (QED) is 0.163. The summed E-state index contributed by atoms with van der Waals surface area (Å²) < 4.78 is 4.50. The zero-order chi connectivity index (χ0) is 39.8. The molecule has 11 rings (SSSR count). The first kappa shape index (κ1) is 37.5. The maximum absolute atomic E-state index is 12.4. The molecule has 0 fully saturated rings. The Bertz CT molecular complexity index is 3070. The molecule has 290 valence electrons. The third-order valence-corrected chi connectivity index (χ3v) is 40.3. The summed E-state index contributed by atoms with van der Waals surface area (Å²) in [5.41, 5.74) is 12.6. The molecular formula is C50H40HfN2O2S4. The molecule has 2 atom stereocenters. The van der Waals surface area contributed by atoms with Gasteiger partial charge in [0, 0.05) is 0 Å². The van der Waals surface area contributed by atoms with E-state index in [1.807, 2.05) is 0 Å². The van der Waals surface area contributed by atoms with Gasteiger partial charge in [-0.1, -0.05) is 0 Å². The number of hydrogen-bond acceptors (Lipinski definition) is 4. The first-order valence-electron chi connectivity index (χ1n) is 19.9. The van der Waals surface area contributed by atoms with Gasteiger partial charge >= 0.3 is 366 Å². The van der Waals surface area contributed by atoms with Gasteiger partial charge in [0.15, 0.2) is 0 Å². The van der Waals surface area contributed by atoms with Gasteiger partial charge in [0.2, 0.25) is 0 Å². The number of benzene rings is 6. The first-order chi connectivity index (χ1) is 28.9. The van der Waals surface area contributed by atoms with Crippen LogP contribution in [-0.4, -0.2) is 30.9 Å². The summed E-state index contributed by atoms with van der Waals surface area (Å²) in [6, 6.07) is 42.8. The van der Waals surface area contributed by atoms with Crippen LogP contribution in [0.5, 0.6) is 11.5 Å². The molecule has 2 N–H and O–H groups in total. The Hall–Kier alpha value is -4.51. The molecule has 0 spiro atoms. The van der Waals surface area contributed by atoms with E-state index in [1.165, 1.54) is 66.8 Å². The van der Waals surface area contributed by atoms with Crippen LogP contribution in [0.15, 0.2) is 153 Å². The van der Waals surface area contributed by atoms with E-state index in [2.05, 4.69) is 166 Å². The topological polar surface area (TPSA) is 50.3 Å². The molecule has 5 heterocycles. The zero-order valence-corrected chi connectivity index (χ0v) is 39.5. The molecule has 0 saturated heterocycles. The van der Waals surface area contributed by atoms with Gasteiger partial charge in [-0.05, 0) is 0 Å². The van der Waals surface area contributed by atoms with Crippen LogP contribution in [-0.2, 0) is 18.9 Å². The van der Waals surface area contributed by atoms with Crippen molar-refractivity contribution in [2.24, 2.45) is 0 Å².